The van der Waals surface area contributed by atoms with E-state index in [1.807, 2.05) is 0 Å². The highest BCUT2D eigenvalue weighted by Crippen LogP contribution is 2.53. The minimum Gasteiger partial charge on any atom is -0.261 e. The van der Waals surface area contributed by atoms with Gasteiger partial charge in [-0.1, -0.05) is 0 Å². The number of alkyl halides is 2. The van der Waals surface area contributed by atoms with E-state index in [-0.39, 0.29) is 24.7 Å². The summed E-state index contributed by atoms with van der Waals surface area (Å²) < 4.78 is 37.9. The van der Waals surface area contributed by atoms with Crippen LogP contribution in [-0.2, 0) is 4.79 Å². The second-order valence-electron chi connectivity index (χ2n) is 4.26. The van der Waals surface area contributed by atoms with Crippen LogP contribution in [0.5, 0.6) is 0 Å². The molecule has 0 aromatic heterocycles. The summed E-state index contributed by atoms with van der Waals surface area (Å²) >= 11 is 0. The molecule has 2 saturated carbocycles. The summed E-state index contributed by atoms with van der Waals surface area (Å²) in [4.78, 5) is 10.4. The first-order valence-corrected chi connectivity index (χ1v) is 4.55. The molecule has 2 rings (SSSR count). The molecule has 3 atom stereocenters. The van der Waals surface area contributed by atoms with Gasteiger partial charge in [0.2, 0.25) is 5.92 Å². The molecule has 0 aromatic rings. The number of rotatable bonds is 1. The van der Waals surface area contributed by atoms with Gasteiger partial charge in [0.25, 0.3) is 0 Å². The Balaban J connectivity index is 2.01. The predicted octanol–water partition coefficient (Wildman–Crippen LogP) is 2.55. The normalized spacial score (nSPS) is 41.9. The van der Waals surface area contributed by atoms with Crippen molar-refractivity contribution in [2.24, 2.45) is 17.8 Å². The molecule has 13 heavy (non-hydrogen) atoms. The SMILES string of the molecule is O=C(F)C1C[C@@H]2CC(F)(F)C[C@@H]2C1. The van der Waals surface area contributed by atoms with E-state index >= 15 is 0 Å². The lowest BCUT2D eigenvalue weighted by molar-refractivity contribution is -0.133. The second kappa shape index (κ2) is 2.72. The van der Waals surface area contributed by atoms with Crippen molar-refractivity contribution < 1.29 is 18.0 Å². The predicted molar refractivity (Wildman–Crippen MR) is 40.0 cm³/mol. The van der Waals surface area contributed by atoms with E-state index in [0.29, 0.717) is 12.8 Å². The van der Waals surface area contributed by atoms with Crippen molar-refractivity contribution in [2.75, 3.05) is 0 Å². The largest absolute Gasteiger partial charge is 0.304 e. The summed E-state index contributed by atoms with van der Waals surface area (Å²) in [6.45, 7) is 0. The Kier molecular flexibility index (Phi) is 1.89. The van der Waals surface area contributed by atoms with E-state index in [0.717, 1.165) is 0 Å². The third kappa shape index (κ3) is 1.58. The highest BCUT2D eigenvalue weighted by Gasteiger charge is 2.51. The lowest BCUT2D eigenvalue weighted by atomic mass is 10.0. The quantitative estimate of drug-likeness (QED) is 0.583. The van der Waals surface area contributed by atoms with Crippen molar-refractivity contribution in [2.45, 2.75) is 31.6 Å². The Morgan fingerprint density at radius 3 is 2.00 bits per heavy atom. The minimum absolute atomic E-state index is 0.125. The summed E-state index contributed by atoms with van der Waals surface area (Å²) in [6.07, 6.45) is 0.355. The summed E-state index contributed by atoms with van der Waals surface area (Å²) in [5.41, 5.74) is 0. The van der Waals surface area contributed by atoms with Gasteiger partial charge in [-0.3, -0.25) is 4.79 Å². The number of carbonyl (C=O) groups excluding carboxylic acids is 1. The van der Waals surface area contributed by atoms with Gasteiger partial charge in [0.15, 0.2) is 0 Å². The van der Waals surface area contributed by atoms with Crippen molar-refractivity contribution in [1.29, 1.82) is 0 Å². The highest BCUT2D eigenvalue weighted by atomic mass is 19.3. The first-order valence-electron chi connectivity index (χ1n) is 4.55. The standard InChI is InChI=1S/C9H11F3O/c10-8(13)5-1-6-3-9(11,12)4-7(6)2-5/h5-7H,1-4H2/t5?,6-,7+. The molecular weight excluding hydrogens is 181 g/mol. The van der Waals surface area contributed by atoms with E-state index in [2.05, 4.69) is 0 Å². The lowest BCUT2D eigenvalue weighted by Crippen LogP contribution is -2.14. The molecule has 0 spiro atoms. The van der Waals surface area contributed by atoms with Gasteiger partial charge in [0.05, 0.1) is 5.92 Å². The van der Waals surface area contributed by atoms with E-state index in [9.17, 15) is 18.0 Å². The summed E-state index contributed by atoms with van der Waals surface area (Å²) in [5.74, 6) is -3.41. The molecule has 0 aromatic carbocycles. The summed E-state index contributed by atoms with van der Waals surface area (Å²) in [5, 5.41) is 0. The van der Waals surface area contributed by atoms with Crippen LogP contribution in [0.15, 0.2) is 0 Å². The molecular formula is C9H11F3O. The van der Waals surface area contributed by atoms with Crippen LogP contribution < -0.4 is 0 Å². The fourth-order valence-corrected chi connectivity index (χ4v) is 2.75. The van der Waals surface area contributed by atoms with E-state index in [1.54, 1.807) is 0 Å². The van der Waals surface area contributed by atoms with Gasteiger partial charge in [0.1, 0.15) is 0 Å². The molecule has 2 fully saturated rings. The molecule has 74 valence electrons. The first kappa shape index (κ1) is 9.03. The van der Waals surface area contributed by atoms with Crippen LogP contribution in [0.1, 0.15) is 25.7 Å². The Labute approximate surface area is 74.3 Å². The maximum atomic E-state index is 12.8. The lowest BCUT2D eigenvalue weighted by Gasteiger charge is -2.10. The Bertz CT molecular complexity index is 223. The van der Waals surface area contributed by atoms with E-state index in [1.165, 1.54) is 0 Å². The van der Waals surface area contributed by atoms with Crippen LogP contribution in [-0.4, -0.2) is 12.0 Å². The average molecular weight is 192 g/mol. The fraction of sp³-hybridized carbons (Fsp3) is 0.889. The zero-order chi connectivity index (χ0) is 9.64. The second-order valence-corrected chi connectivity index (χ2v) is 4.26. The van der Waals surface area contributed by atoms with Crippen molar-refractivity contribution in [3.63, 3.8) is 0 Å². The van der Waals surface area contributed by atoms with Crippen molar-refractivity contribution >= 4 is 6.04 Å². The third-order valence-electron chi connectivity index (χ3n) is 3.28. The van der Waals surface area contributed by atoms with Gasteiger partial charge in [-0.05, 0) is 24.7 Å². The molecule has 0 amide bonds. The molecule has 0 aliphatic heterocycles. The molecule has 1 unspecified atom stereocenters. The van der Waals surface area contributed by atoms with Crippen LogP contribution in [0.25, 0.3) is 0 Å². The number of hydrogen-bond acceptors (Lipinski definition) is 1. The molecule has 0 bridgehead atoms. The third-order valence-corrected chi connectivity index (χ3v) is 3.28. The molecule has 2 aliphatic rings. The van der Waals surface area contributed by atoms with Gasteiger partial charge in [-0.15, -0.1) is 0 Å². The Hall–Kier alpha value is -0.540. The number of hydrogen-bond donors (Lipinski definition) is 0. The molecule has 2 aliphatic carbocycles. The van der Waals surface area contributed by atoms with Crippen LogP contribution >= 0.6 is 0 Å². The van der Waals surface area contributed by atoms with Crippen molar-refractivity contribution in [3.8, 4) is 0 Å². The van der Waals surface area contributed by atoms with Crippen LogP contribution in [0.3, 0.4) is 0 Å². The smallest absolute Gasteiger partial charge is 0.261 e. The monoisotopic (exact) mass is 192 g/mol. The summed E-state index contributed by atoms with van der Waals surface area (Å²) in [7, 11) is 0. The number of halogens is 3. The van der Waals surface area contributed by atoms with Crippen molar-refractivity contribution in [1.82, 2.24) is 0 Å². The van der Waals surface area contributed by atoms with Crippen LogP contribution in [0, 0.1) is 17.8 Å². The maximum Gasteiger partial charge on any atom is 0.304 e. The highest BCUT2D eigenvalue weighted by molar-refractivity contribution is 5.71. The first-order chi connectivity index (χ1) is 5.98. The maximum absolute atomic E-state index is 12.8. The van der Waals surface area contributed by atoms with Gasteiger partial charge in [0, 0.05) is 12.8 Å². The van der Waals surface area contributed by atoms with Gasteiger partial charge in [-0.2, -0.15) is 4.39 Å². The van der Waals surface area contributed by atoms with Gasteiger partial charge < -0.3 is 0 Å². The van der Waals surface area contributed by atoms with E-state index in [4.69, 9.17) is 0 Å². The van der Waals surface area contributed by atoms with Crippen LogP contribution in [0.2, 0.25) is 0 Å². The Morgan fingerprint density at radius 2 is 1.62 bits per heavy atom. The van der Waals surface area contributed by atoms with Gasteiger partial charge in [-0.25, -0.2) is 8.78 Å². The molecule has 4 heteroatoms. The molecule has 1 nitrogen and oxygen atoms in total. The zero-order valence-corrected chi connectivity index (χ0v) is 7.10. The summed E-state index contributed by atoms with van der Waals surface area (Å²) in [6, 6.07) is -1.32. The zero-order valence-electron chi connectivity index (χ0n) is 7.10. The Morgan fingerprint density at radius 1 is 1.15 bits per heavy atom. The van der Waals surface area contributed by atoms with E-state index < -0.39 is 17.9 Å². The molecule has 0 heterocycles. The fourth-order valence-electron chi connectivity index (χ4n) is 2.75. The van der Waals surface area contributed by atoms with Crippen LogP contribution in [0.4, 0.5) is 13.2 Å². The topological polar surface area (TPSA) is 17.1 Å². The van der Waals surface area contributed by atoms with Gasteiger partial charge >= 0.3 is 6.04 Å². The number of carbonyl (C=O) groups is 1. The minimum atomic E-state index is -2.57. The molecule has 0 saturated heterocycles. The molecule has 0 radical (unpaired) electrons. The average Bonchev–Trinajstić information content (AvgIpc) is 2.39. The molecule has 0 N–H and O–H groups in total. The van der Waals surface area contributed by atoms with Crippen molar-refractivity contribution in [3.05, 3.63) is 0 Å². The number of fused-ring (bicyclic) bond motifs is 1.